The van der Waals surface area contributed by atoms with E-state index in [1.54, 1.807) is 0 Å². The molecular formula is C11H12ClN3O. The van der Waals surface area contributed by atoms with Gasteiger partial charge in [-0.05, 0) is 6.07 Å². The maximum absolute atomic E-state index is 11.7. The van der Waals surface area contributed by atoms with Crippen molar-refractivity contribution >= 4 is 34.1 Å². The molecule has 0 saturated heterocycles. The van der Waals surface area contributed by atoms with Crippen LogP contribution in [0.25, 0.3) is 10.9 Å². The highest BCUT2D eigenvalue weighted by Gasteiger charge is 2.14. The number of amides is 1. The van der Waals surface area contributed by atoms with Gasteiger partial charge in [-0.1, -0.05) is 18.2 Å². The normalized spacial score (nSPS) is 10.6. The predicted octanol–water partition coefficient (Wildman–Crippen LogP) is 1.72. The van der Waals surface area contributed by atoms with Crippen molar-refractivity contribution in [3.8, 4) is 0 Å². The van der Waals surface area contributed by atoms with Crippen LogP contribution in [0.2, 0.25) is 0 Å². The Bertz CT molecular complexity index is 521. The van der Waals surface area contributed by atoms with Crippen molar-refractivity contribution in [3.05, 3.63) is 30.0 Å². The summed E-state index contributed by atoms with van der Waals surface area (Å²) in [6.45, 7) is 0.426. The second-order valence-electron chi connectivity index (χ2n) is 3.40. The Hall–Kier alpha value is -1.68. The zero-order chi connectivity index (χ0) is 11.5. The fraction of sp³-hybridized carbons (Fsp3) is 0.182. The minimum Gasteiger partial charge on any atom is -0.396 e. The number of benzene rings is 1. The van der Waals surface area contributed by atoms with Crippen LogP contribution in [0.3, 0.4) is 0 Å². The number of aromatic amines is 1. The van der Waals surface area contributed by atoms with Crippen LogP contribution in [0.1, 0.15) is 10.5 Å². The van der Waals surface area contributed by atoms with Crippen molar-refractivity contribution in [2.75, 3.05) is 18.2 Å². The van der Waals surface area contributed by atoms with Crippen molar-refractivity contribution in [2.24, 2.45) is 0 Å². The number of hydrogen-bond donors (Lipinski definition) is 3. The summed E-state index contributed by atoms with van der Waals surface area (Å²) in [5.74, 6) is 0.153. The Labute approximate surface area is 97.8 Å². The number of fused-ring (bicyclic) bond motifs is 1. The molecule has 0 radical (unpaired) electrons. The summed E-state index contributed by atoms with van der Waals surface area (Å²) in [6.07, 6.45) is 0. The van der Waals surface area contributed by atoms with Gasteiger partial charge in [0.25, 0.3) is 5.91 Å². The molecule has 1 aromatic carbocycles. The molecule has 2 rings (SSSR count). The van der Waals surface area contributed by atoms with Gasteiger partial charge in [-0.3, -0.25) is 4.79 Å². The number of alkyl halides is 1. The van der Waals surface area contributed by atoms with E-state index in [4.69, 9.17) is 17.3 Å². The van der Waals surface area contributed by atoms with E-state index in [2.05, 4.69) is 10.3 Å². The third-order valence-electron chi connectivity index (χ3n) is 2.35. The summed E-state index contributed by atoms with van der Waals surface area (Å²) < 4.78 is 0. The minimum absolute atomic E-state index is 0.227. The van der Waals surface area contributed by atoms with Gasteiger partial charge >= 0.3 is 0 Å². The number of rotatable bonds is 3. The summed E-state index contributed by atoms with van der Waals surface area (Å²) in [7, 11) is 0. The largest absolute Gasteiger partial charge is 0.396 e. The first-order chi connectivity index (χ1) is 7.74. The number of H-pyrrole nitrogens is 1. The Kier molecular flexibility index (Phi) is 3.01. The van der Waals surface area contributed by atoms with Crippen LogP contribution in [0.15, 0.2) is 24.3 Å². The third kappa shape index (κ3) is 1.84. The highest BCUT2D eigenvalue weighted by atomic mass is 35.5. The van der Waals surface area contributed by atoms with Gasteiger partial charge in [-0.25, -0.2) is 0 Å². The lowest BCUT2D eigenvalue weighted by Crippen LogP contribution is -2.26. The maximum atomic E-state index is 11.7. The number of hydrogen-bond acceptors (Lipinski definition) is 2. The van der Waals surface area contributed by atoms with Crippen LogP contribution >= 0.6 is 11.6 Å². The fourth-order valence-corrected chi connectivity index (χ4v) is 1.69. The van der Waals surface area contributed by atoms with E-state index in [1.165, 1.54) is 0 Å². The summed E-state index contributed by atoms with van der Waals surface area (Å²) in [5, 5.41) is 3.53. The molecule has 84 valence electrons. The molecule has 0 aliphatic heterocycles. The molecule has 1 heterocycles. The molecule has 0 bridgehead atoms. The highest BCUT2D eigenvalue weighted by molar-refractivity contribution is 6.18. The van der Waals surface area contributed by atoms with Crippen molar-refractivity contribution in [1.29, 1.82) is 0 Å². The van der Waals surface area contributed by atoms with E-state index in [0.717, 1.165) is 10.9 Å². The first-order valence-electron chi connectivity index (χ1n) is 4.94. The van der Waals surface area contributed by atoms with Gasteiger partial charge in [-0.2, -0.15) is 0 Å². The van der Waals surface area contributed by atoms with Crippen LogP contribution in [-0.4, -0.2) is 23.3 Å². The summed E-state index contributed by atoms with van der Waals surface area (Å²) in [4.78, 5) is 14.7. The lowest BCUT2D eigenvalue weighted by Gasteiger charge is -2.01. The quantitative estimate of drug-likeness (QED) is 0.712. The summed E-state index contributed by atoms with van der Waals surface area (Å²) in [6, 6.07) is 7.52. The molecule has 0 fully saturated rings. The number of halogens is 1. The maximum Gasteiger partial charge on any atom is 0.269 e. The summed E-state index contributed by atoms with van der Waals surface area (Å²) in [5.41, 5.74) is 7.61. The van der Waals surface area contributed by atoms with E-state index in [0.29, 0.717) is 23.8 Å². The Morgan fingerprint density at radius 2 is 2.19 bits per heavy atom. The Balaban J connectivity index is 2.37. The number of nitrogens with two attached hydrogens (primary N) is 1. The van der Waals surface area contributed by atoms with Crippen LogP contribution in [0, 0.1) is 0 Å². The van der Waals surface area contributed by atoms with Crippen molar-refractivity contribution in [2.45, 2.75) is 0 Å². The molecule has 4 nitrogen and oxygen atoms in total. The van der Waals surface area contributed by atoms with E-state index >= 15 is 0 Å². The van der Waals surface area contributed by atoms with Gasteiger partial charge in [0.1, 0.15) is 5.69 Å². The number of carbonyl (C=O) groups is 1. The number of para-hydroxylation sites is 1. The first kappa shape index (κ1) is 10.8. The van der Waals surface area contributed by atoms with Gasteiger partial charge in [0.2, 0.25) is 0 Å². The molecule has 1 amide bonds. The highest BCUT2D eigenvalue weighted by Crippen LogP contribution is 2.24. The molecule has 16 heavy (non-hydrogen) atoms. The topological polar surface area (TPSA) is 70.9 Å². The van der Waals surface area contributed by atoms with Crippen LogP contribution in [0.4, 0.5) is 5.69 Å². The van der Waals surface area contributed by atoms with Crippen molar-refractivity contribution in [1.82, 2.24) is 10.3 Å². The van der Waals surface area contributed by atoms with Gasteiger partial charge < -0.3 is 16.0 Å². The molecule has 5 heteroatoms. The van der Waals surface area contributed by atoms with E-state index in [1.807, 2.05) is 24.3 Å². The summed E-state index contributed by atoms with van der Waals surface area (Å²) >= 11 is 5.50. The average Bonchev–Trinajstić information content (AvgIpc) is 2.64. The first-order valence-corrected chi connectivity index (χ1v) is 5.48. The molecule has 0 spiro atoms. The Morgan fingerprint density at radius 3 is 2.88 bits per heavy atom. The number of nitrogens with one attached hydrogen (secondary N) is 2. The zero-order valence-electron chi connectivity index (χ0n) is 8.59. The molecule has 0 aliphatic carbocycles. The zero-order valence-corrected chi connectivity index (χ0v) is 9.34. The number of nitrogen functional groups attached to an aromatic ring is 1. The van der Waals surface area contributed by atoms with E-state index < -0.39 is 0 Å². The molecule has 0 saturated carbocycles. The molecular weight excluding hydrogens is 226 g/mol. The second-order valence-corrected chi connectivity index (χ2v) is 3.78. The van der Waals surface area contributed by atoms with Gasteiger partial charge in [0.05, 0.1) is 5.69 Å². The second kappa shape index (κ2) is 4.45. The van der Waals surface area contributed by atoms with E-state index in [9.17, 15) is 4.79 Å². The smallest absolute Gasteiger partial charge is 0.269 e. The predicted molar refractivity (Wildman–Crippen MR) is 65.8 cm³/mol. The van der Waals surface area contributed by atoms with E-state index in [-0.39, 0.29) is 5.91 Å². The monoisotopic (exact) mass is 237 g/mol. The standard InChI is InChI=1S/C11H12ClN3O/c12-5-6-14-11(16)10-9(13)7-3-1-2-4-8(7)15-10/h1-4,15H,5-6,13H2,(H,14,16). The van der Waals surface area contributed by atoms with Crippen LogP contribution in [0.5, 0.6) is 0 Å². The molecule has 0 atom stereocenters. The number of aromatic nitrogens is 1. The third-order valence-corrected chi connectivity index (χ3v) is 2.54. The molecule has 0 unspecified atom stereocenters. The van der Waals surface area contributed by atoms with Crippen molar-refractivity contribution in [3.63, 3.8) is 0 Å². The lowest BCUT2D eigenvalue weighted by atomic mass is 10.2. The number of carbonyl (C=O) groups excluding carboxylic acids is 1. The minimum atomic E-state index is -0.227. The van der Waals surface area contributed by atoms with Gasteiger partial charge in [0.15, 0.2) is 0 Å². The number of anilines is 1. The van der Waals surface area contributed by atoms with Gasteiger partial charge in [-0.15, -0.1) is 11.6 Å². The molecule has 2 aromatic rings. The molecule has 0 aliphatic rings. The fourth-order valence-electron chi connectivity index (χ4n) is 1.59. The van der Waals surface area contributed by atoms with Crippen LogP contribution in [-0.2, 0) is 0 Å². The lowest BCUT2D eigenvalue weighted by molar-refractivity contribution is 0.0953. The Morgan fingerprint density at radius 1 is 1.44 bits per heavy atom. The average molecular weight is 238 g/mol. The molecule has 4 N–H and O–H groups in total. The van der Waals surface area contributed by atoms with Crippen LogP contribution < -0.4 is 11.1 Å². The van der Waals surface area contributed by atoms with Crippen molar-refractivity contribution < 1.29 is 4.79 Å². The van der Waals surface area contributed by atoms with Gasteiger partial charge in [0, 0.05) is 23.3 Å². The SMILES string of the molecule is Nc1c(C(=O)NCCCl)[nH]c2ccccc12. The molecule has 1 aromatic heterocycles.